The summed E-state index contributed by atoms with van der Waals surface area (Å²) in [6, 6.07) is 13.5. The molecule has 2 aliphatic rings. The summed E-state index contributed by atoms with van der Waals surface area (Å²) in [7, 11) is 1.52. The third-order valence-corrected chi connectivity index (χ3v) is 4.95. The zero-order chi connectivity index (χ0) is 19.0. The zero-order valence-corrected chi connectivity index (χ0v) is 14.9. The molecular weight excluding hydrogens is 347 g/mol. The summed E-state index contributed by atoms with van der Waals surface area (Å²) < 4.78 is 18.4. The minimum atomic E-state index is -0.388. The number of carbonyl (C=O) groups is 2. The van der Waals surface area contributed by atoms with E-state index in [2.05, 4.69) is 0 Å². The normalized spacial score (nSPS) is 16.5. The van der Waals surface area contributed by atoms with Crippen LogP contribution in [0.5, 0.6) is 0 Å². The Hall–Kier alpha value is -2.99. The summed E-state index contributed by atoms with van der Waals surface area (Å²) in [6.45, 7) is 1.06. The largest absolute Gasteiger partial charge is 0.383 e. The second kappa shape index (κ2) is 6.96. The Kier molecular flexibility index (Phi) is 4.49. The Balaban J connectivity index is 1.83. The summed E-state index contributed by atoms with van der Waals surface area (Å²) in [4.78, 5) is 29.3. The van der Waals surface area contributed by atoms with Crippen molar-refractivity contribution in [1.29, 1.82) is 0 Å². The second-order valence-electron chi connectivity index (χ2n) is 6.52. The fraction of sp³-hybridized carbons (Fsp3) is 0.238. The van der Waals surface area contributed by atoms with Crippen LogP contribution >= 0.6 is 0 Å². The van der Waals surface area contributed by atoms with Crippen LogP contribution in [0.2, 0.25) is 0 Å². The maximum atomic E-state index is 13.4. The lowest BCUT2D eigenvalue weighted by molar-refractivity contribution is -0.137. The van der Waals surface area contributed by atoms with Crippen LogP contribution in [-0.4, -0.2) is 43.5 Å². The molecule has 0 unspecified atom stereocenters. The Labute approximate surface area is 156 Å². The van der Waals surface area contributed by atoms with Crippen LogP contribution in [-0.2, 0) is 20.7 Å². The number of hydrogen-bond donors (Lipinski definition) is 0. The lowest BCUT2D eigenvalue weighted by Gasteiger charge is -2.21. The molecule has 0 saturated carbocycles. The Morgan fingerprint density at radius 3 is 2.52 bits per heavy atom. The van der Waals surface area contributed by atoms with Crippen molar-refractivity contribution in [2.75, 3.05) is 31.7 Å². The number of imide groups is 1. The minimum Gasteiger partial charge on any atom is -0.383 e. The van der Waals surface area contributed by atoms with Crippen molar-refractivity contribution in [2.24, 2.45) is 0 Å². The number of anilines is 1. The molecule has 27 heavy (non-hydrogen) atoms. The Bertz CT molecular complexity index is 937. The molecule has 5 nitrogen and oxygen atoms in total. The van der Waals surface area contributed by atoms with Crippen LogP contribution in [0.1, 0.15) is 11.1 Å². The lowest BCUT2D eigenvalue weighted by Crippen LogP contribution is -2.37. The number of ether oxygens (including phenoxy) is 1. The van der Waals surface area contributed by atoms with Crippen LogP contribution in [0.3, 0.4) is 0 Å². The predicted molar refractivity (Wildman–Crippen MR) is 99.4 cm³/mol. The van der Waals surface area contributed by atoms with Gasteiger partial charge in [-0.1, -0.05) is 30.3 Å². The van der Waals surface area contributed by atoms with E-state index in [0.29, 0.717) is 23.4 Å². The number of fused-ring (bicyclic) bond motifs is 1. The van der Waals surface area contributed by atoms with Crippen molar-refractivity contribution in [3.8, 4) is 0 Å². The topological polar surface area (TPSA) is 49.9 Å². The molecule has 0 aliphatic carbocycles. The third kappa shape index (κ3) is 2.92. The van der Waals surface area contributed by atoms with Crippen molar-refractivity contribution >= 4 is 23.1 Å². The molecule has 0 bridgehead atoms. The minimum absolute atomic E-state index is 0.178. The van der Waals surface area contributed by atoms with Gasteiger partial charge in [-0.2, -0.15) is 0 Å². The van der Waals surface area contributed by atoms with Gasteiger partial charge >= 0.3 is 0 Å². The van der Waals surface area contributed by atoms with E-state index in [-0.39, 0.29) is 30.8 Å². The van der Waals surface area contributed by atoms with Gasteiger partial charge in [0.2, 0.25) is 0 Å². The molecule has 138 valence electrons. The molecule has 0 spiro atoms. The fourth-order valence-corrected chi connectivity index (χ4v) is 3.65. The Morgan fingerprint density at radius 2 is 1.78 bits per heavy atom. The molecule has 0 radical (unpaired) electrons. The van der Waals surface area contributed by atoms with Crippen LogP contribution in [0.25, 0.3) is 5.57 Å². The SMILES string of the molecule is COCCN1C(=O)C(c2ccc(F)cc2)=C(N2CCc3ccccc32)C1=O. The number of benzene rings is 2. The Morgan fingerprint density at radius 1 is 1.04 bits per heavy atom. The number of carbonyl (C=O) groups excluding carboxylic acids is 2. The third-order valence-electron chi connectivity index (χ3n) is 4.95. The molecule has 0 aromatic heterocycles. The molecule has 2 amide bonds. The molecule has 0 atom stereocenters. The van der Waals surface area contributed by atoms with Crippen molar-refractivity contribution in [3.05, 3.63) is 71.2 Å². The zero-order valence-electron chi connectivity index (χ0n) is 14.9. The van der Waals surface area contributed by atoms with Gasteiger partial charge in [0.1, 0.15) is 11.5 Å². The van der Waals surface area contributed by atoms with E-state index in [1.54, 1.807) is 0 Å². The number of methoxy groups -OCH3 is 1. The van der Waals surface area contributed by atoms with Crippen molar-refractivity contribution in [1.82, 2.24) is 4.90 Å². The van der Waals surface area contributed by atoms with Gasteiger partial charge in [0.25, 0.3) is 11.8 Å². The van der Waals surface area contributed by atoms with Crippen LogP contribution in [0.15, 0.2) is 54.2 Å². The second-order valence-corrected chi connectivity index (χ2v) is 6.52. The van der Waals surface area contributed by atoms with Crippen molar-refractivity contribution in [2.45, 2.75) is 6.42 Å². The van der Waals surface area contributed by atoms with Gasteiger partial charge in [0.15, 0.2) is 0 Å². The van der Waals surface area contributed by atoms with E-state index in [1.807, 2.05) is 29.2 Å². The molecule has 2 aromatic rings. The van der Waals surface area contributed by atoms with Gasteiger partial charge in [-0.3, -0.25) is 14.5 Å². The van der Waals surface area contributed by atoms with Gasteiger partial charge in [0.05, 0.1) is 18.7 Å². The summed E-state index contributed by atoms with van der Waals surface area (Å²) in [5, 5.41) is 0. The average Bonchev–Trinajstić information content (AvgIpc) is 3.20. The molecule has 2 heterocycles. The fourth-order valence-electron chi connectivity index (χ4n) is 3.65. The molecule has 2 aliphatic heterocycles. The average molecular weight is 366 g/mol. The van der Waals surface area contributed by atoms with Crippen LogP contribution in [0, 0.1) is 5.82 Å². The molecule has 0 saturated heterocycles. The highest BCUT2D eigenvalue weighted by molar-refractivity contribution is 6.36. The first kappa shape index (κ1) is 17.4. The van der Waals surface area contributed by atoms with E-state index in [1.165, 1.54) is 36.3 Å². The lowest BCUT2D eigenvalue weighted by atomic mass is 10.0. The number of halogens is 1. The van der Waals surface area contributed by atoms with Gasteiger partial charge in [-0.25, -0.2) is 4.39 Å². The van der Waals surface area contributed by atoms with E-state index in [0.717, 1.165) is 17.7 Å². The predicted octanol–water partition coefficient (Wildman–Crippen LogP) is 2.61. The van der Waals surface area contributed by atoms with Crippen LogP contribution < -0.4 is 4.90 Å². The van der Waals surface area contributed by atoms with Gasteiger partial charge in [-0.05, 0) is 35.7 Å². The molecule has 0 fully saturated rings. The first-order valence-electron chi connectivity index (χ1n) is 8.82. The van der Waals surface area contributed by atoms with Gasteiger partial charge in [0, 0.05) is 19.3 Å². The van der Waals surface area contributed by atoms with E-state index < -0.39 is 0 Å². The standard InChI is InChI=1S/C21H19FN2O3/c1-27-13-12-24-20(25)18(15-6-8-16(22)9-7-15)19(21(24)26)23-11-10-14-4-2-3-5-17(14)23/h2-9H,10-13H2,1H3. The van der Waals surface area contributed by atoms with Crippen molar-refractivity contribution in [3.63, 3.8) is 0 Å². The summed E-state index contributed by atoms with van der Waals surface area (Å²) in [5.74, 6) is -1.10. The maximum Gasteiger partial charge on any atom is 0.278 e. The van der Waals surface area contributed by atoms with Gasteiger partial charge in [-0.15, -0.1) is 0 Å². The number of nitrogens with zero attached hydrogens (tertiary/aromatic N) is 2. The molecular formula is C21H19FN2O3. The van der Waals surface area contributed by atoms with E-state index >= 15 is 0 Å². The summed E-state index contributed by atoms with van der Waals surface area (Å²) in [5.41, 5.74) is 3.27. The highest BCUT2D eigenvalue weighted by Gasteiger charge is 2.42. The van der Waals surface area contributed by atoms with E-state index in [4.69, 9.17) is 4.74 Å². The van der Waals surface area contributed by atoms with Crippen molar-refractivity contribution < 1.29 is 18.7 Å². The first-order valence-corrected chi connectivity index (χ1v) is 8.82. The number of para-hydroxylation sites is 1. The van der Waals surface area contributed by atoms with Gasteiger partial charge < -0.3 is 9.64 Å². The maximum absolute atomic E-state index is 13.4. The number of amides is 2. The summed E-state index contributed by atoms with van der Waals surface area (Å²) in [6.07, 6.45) is 0.802. The highest BCUT2D eigenvalue weighted by Crippen LogP contribution is 2.38. The summed E-state index contributed by atoms with van der Waals surface area (Å²) >= 11 is 0. The molecule has 2 aromatic carbocycles. The van der Waals surface area contributed by atoms with E-state index in [9.17, 15) is 14.0 Å². The quantitative estimate of drug-likeness (QED) is 0.764. The first-order chi connectivity index (χ1) is 13.1. The van der Waals surface area contributed by atoms with Crippen LogP contribution in [0.4, 0.5) is 10.1 Å². The number of rotatable bonds is 5. The molecule has 6 heteroatoms. The monoisotopic (exact) mass is 366 g/mol. The molecule has 0 N–H and O–H groups in total. The molecule has 4 rings (SSSR count). The number of hydrogen-bond acceptors (Lipinski definition) is 4. The smallest absolute Gasteiger partial charge is 0.278 e. The highest BCUT2D eigenvalue weighted by atomic mass is 19.1.